The van der Waals surface area contributed by atoms with Crippen LogP contribution in [-0.2, 0) is 0 Å². The first-order chi connectivity index (χ1) is 7.26. The van der Waals surface area contributed by atoms with Gasteiger partial charge in [-0.25, -0.2) is 4.99 Å². The molecule has 76 valence electrons. The molecule has 0 unspecified atom stereocenters. The maximum atomic E-state index is 8.68. The zero-order chi connectivity index (χ0) is 11.1. The van der Waals surface area contributed by atoms with Gasteiger partial charge in [-0.2, -0.15) is 5.26 Å². The van der Waals surface area contributed by atoms with Gasteiger partial charge in [0.15, 0.2) is 5.11 Å². The summed E-state index contributed by atoms with van der Waals surface area (Å²) >= 11 is 4.93. The van der Waals surface area contributed by atoms with Crippen LogP contribution in [0.5, 0.6) is 0 Å². The number of rotatable bonds is 2. The predicted molar refractivity (Wildman–Crippen MR) is 64.9 cm³/mol. The molecule has 1 rings (SSSR count). The van der Waals surface area contributed by atoms with Crippen LogP contribution in [0.1, 0.15) is 5.56 Å². The van der Waals surface area contributed by atoms with Gasteiger partial charge >= 0.3 is 0 Å². The van der Waals surface area contributed by atoms with Crippen molar-refractivity contribution >= 4 is 29.2 Å². The van der Waals surface area contributed by atoms with Gasteiger partial charge in [0, 0.05) is 18.4 Å². The zero-order valence-electron chi connectivity index (χ0n) is 7.97. The van der Waals surface area contributed by atoms with E-state index in [0.29, 0.717) is 17.2 Å². The first kappa shape index (κ1) is 11.3. The number of nitrogens with two attached hydrogens (primary N) is 1. The molecule has 0 saturated carbocycles. The molecular weight excluding hydrogens is 208 g/mol. The number of aliphatic imine (C=N–C) groups is 1. The Morgan fingerprint density at radius 1 is 1.67 bits per heavy atom. The van der Waals surface area contributed by atoms with Gasteiger partial charge in [0.05, 0.1) is 11.6 Å². The van der Waals surface area contributed by atoms with E-state index in [2.05, 4.69) is 10.3 Å². The van der Waals surface area contributed by atoms with Crippen LogP contribution in [-0.4, -0.2) is 17.9 Å². The molecule has 0 heterocycles. The topological polar surface area (TPSA) is 74.2 Å². The fourth-order valence-corrected chi connectivity index (χ4v) is 1.15. The van der Waals surface area contributed by atoms with Gasteiger partial charge in [-0.3, -0.25) is 0 Å². The summed E-state index contributed by atoms with van der Waals surface area (Å²) in [4.78, 5) is 3.88. The number of nitriles is 1. The Balaban J connectivity index is 2.69. The number of nitrogens with one attached hydrogen (secondary N) is 1. The van der Waals surface area contributed by atoms with Gasteiger partial charge in [0.1, 0.15) is 0 Å². The van der Waals surface area contributed by atoms with E-state index in [1.807, 2.05) is 12.1 Å². The maximum absolute atomic E-state index is 8.68. The lowest BCUT2D eigenvalue weighted by Gasteiger charge is -2.03. The van der Waals surface area contributed by atoms with Crippen LogP contribution in [0.15, 0.2) is 29.3 Å². The van der Waals surface area contributed by atoms with Crippen LogP contribution in [0.2, 0.25) is 0 Å². The zero-order valence-corrected chi connectivity index (χ0v) is 8.79. The molecular formula is C10H10N4S. The Hall–Kier alpha value is -1.77. The first-order valence-electron chi connectivity index (χ1n) is 4.30. The van der Waals surface area contributed by atoms with Gasteiger partial charge in [0.25, 0.3) is 0 Å². The summed E-state index contributed by atoms with van der Waals surface area (Å²) in [6.45, 7) is 0.347. The average molecular weight is 218 g/mol. The molecule has 1 aromatic carbocycles. The van der Waals surface area contributed by atoms with E-state index in [-0.39, 0.29) is 0 Å². The van der Waals surface area contributed by atoms with Gasteiger partial charge in [0.2, 0.25) is 0 Å². The molecule has 0 atom stereocenters. The lowest BCUT2D eigenvalue weighted by atomic mass is 10.2. The molecule has 0 fully saturated rings. The third-order valence-electron chi connectivity index (χ3n) is 1.56. The second kappa shape index (κ2) is 5.86. The molecule has 1 aromatic rings. The molecule has 0 spiro atoms. The minimum atomic E-state index is 0.329. The highest BCUT2D eigenvalue weighted by atomic mass is 32.1. The van der Waals surface area contributed by atoms with E-state index in [0.717, 1.165) is 5.69 Å². The molecule has 0 saturated heterocycles. The molecule has 0 aliphatic heterocycles. The van der Waals surface area contributed by atoms with Crippen molar-refractivity contribution < 1.29 is 0 Å². The summed E-state index contributed by atoms with van der Waals surface area (Å²) in [6.07, 6.45) is 1.52. The molecule has 0 aliphatic rings. The predicted octanol–water partition coefficient (Wildman–Crippen LogP) is 1.28. The van der Waals surface area contributed by atoms with Crippen molar-refractivity contribution in [3.05, 3.63) is 29.8 Å². The smallest absolute Gasteiger partial charge is 0.196 e. The summed E-state index contributed by atoms with van der Waals surface area (Å²) in [5.41, 5.74) is 6.55. The quantitative estimate of drug-likeness (QED) is 0.579. The highest BCUT2D eigenvalue weighted by Gasteiger charge is 1.96. The second-order valence-electron chi connectivity index (χ2n) is 2.67. The summed E-state index contributed by atoms with van der Waals surface area (Å²) in [7, 11) is 0. The van der Waals surface area contributed by atoms with Crippen LogP contribution in [0, 0.1) is 11.3 Å². The van der Waals surface area contributed by atoms with Crippen molar-refractivity contribution in [2.75, 3.05) is 11.9 Å². The van der Waals surface area contributed by atoms with Crippen molar-refractivity contribution in [3.8, 4) is 6.07 Å². The molecule has 0 bridgehead atoms. The largest absolute Gasteiger partial charge is 0.331 e. The number of nitrogens with zero attached hydrogens (tertiary/aromatic N) is 2. The van der Waals surface area contributed by atoms with E-state index in [1.165, 1.54) is 6.21 Å². The van der Waals surface area contributed by atoms with Crippen molar-refractivity contribution in [1.82, 2.24) is 0 Å². The number of benzene rings is 1. The number of hydrogen-bond donors (Lipinski definition) is 2. The maximum Gasteiger partial charge on any atom is 0.196 e. The van der Waals surface area contributed by atoms with E-state index < -0.39 is 0 Å². The molecule has 0 aliphatic carbocycles. The van der Waals surface area contributed by atoms with E-state index >= 15 is 0 Å². The Morgan fingerprint density at radius 3 is 3.13 bits per heavy atom. The van der Waals surface area contributed by atoms with Gasteiger partial charge in [-0.1, -0.05) is 6.07 Å². The van der Waals surface area contributed by atoms with E-state index in [9.17, 15) is 0 Å². The van der Waals surface area contributed by atoms with Crippen molar-refractivity contribution in [3.63, 3.8) is 0 Å². The molecule has 3 N–H and O–H groups in total. The average Bonchev–Trinajstić information content (AvgIpc) is 2.26. The molecule has 0 radical (unpaired) electrons. The fourth-order valence-electron chi connectivity index (χ4n) is 0.958. The van der Waals surface area contributed by atoms with Crippen molar-refractivity contribution in [1.29, 1.82) is 5.26 Å². The van der Waals surface area contributed by atoms with Gasteiger partial charge < -0.3 is 11.1 Å². The van der Waals surface area contributed by atoms with Crippen LogP contribution in [0.3, 0.4) is 0 Å². The molecule has 0 amide bonds. The van der Waals surface area contributed by atoms with Crippen molar-refractivity contribution in [2.45, 2.75) is 0 Å². The van der Waals surface area contributed by atoms with E-state index in [1.54, 1.807) is 18.2 Å². The summed E-state index contributed by atoms with van der Waals surface area (Å²) in [6, 6.07) is 9.04. The third-order valence-corrected chi connectivity index (χ3v) is 1.76. The fraction of sp³-hybridized carbons (Fsp3) is 0.100. The lowest BCUT2D eigenvalue weighted by molar-refractivity contribution is 1.34. The number of thiocarbonyl (C=S) groups is 1. The Kier molecular flexibility index (Phi) is 4.41. The van der Waals surface area contributed by atoms with E-state index in [4.69, 9.17) is 23.2 Å². The standard InChI is InChI=1S/C10H10N4S/c11-4-5-13-10(15)14-9-3-1-2-8(6-9)7-12/h1-3,5-6H,4,11H2,(H,14,15). The minimum absolute atomic E-state index is 0.329. The summed E-state index contributed by atoms with van der Waals surface area (Å²) in [5.74, 6) is 0. The Morgan fingerprint density at radius 2 is 2.47 bits per heavy atom. The molecule has 15 heavy (non-hydrogen) atoms. The summed E-state index contributed by atoms with van der Waals surface area (Å²) < 4.78 is 0. The van der Waals surface area contributed by atoms with Crippen LogP contribution in [0.4, 0.5) is 5.69 Å². The van der Waals surface area contributed by atoms with Crippen LogP contribution in [0.25, 0.3) is 0 Å². The van der Waals surface area contributed by atoms with Crippen molar-refractivity contribution in [2.24, 2.45) is 10.7 Å². The minimum Gasteiger partial charge on any atom is -0.331 e. The second-order valence-corrected chi connectivity index (χ2v) is 3.06. The van der Waals surface area contributed by atoms with Crippen LogP contribution >= 0.6 is 12.2 Å². The van der Waals surface area contributed by atoms with Gasteiger partial charge in [-0.05, 0) is 30.4 Å². The first-order valence-corrected chi connectivity index (χ1v) is 4.71. The summed E-state index contributed by atoms with van der Waals surface area (Å²) in [5, 5.41) is 11.9. The molecule has 5 heteroatoms. The molecule has 0 aromatic heterocycles. The SMILES string of the molecule is N#Cc1cccc(NC(=S)N=CCN)c1. The normalized spacial score (nSPS) is 9.87. The number of hydrogen-bond acceptors (Lipinski definition) is 3. The van der Waals surface area contributed by atoms with Gasteiger partial charge in [-0.15, -0.1) is 0 Å². The highest BCUT2D eigenvalue weighted by Crippen LogP contribution is 2.09. The molecule has 4 nitrogen and oxygen atoms in total. The monoisotopic (exact) mass is 218 g/mol. The third kappa shape index (κ3) is 3.85. The lowest BCUT2D eigenvalue weighted by Crippen LogP contribution is -2.08. The Bertz CT molecular complexity index is 420. The van der Waals surface area contributed by atoms with Crippen LogP contribution < -0.4 is 11.1 Å². The Labute approximate surface area is 93.4 Å². The highest BCUT2D eigenvalue weighted by molar-refractivity contribution is 7.80. The number of anilines is 1.